The quantitative estimate of drug-likeness (QED) is 0.702. The Morgan fingerprint density at radius 3 is 2.57 bits per heavy atom. The number of nitrogens with one attached hydrogen (secondary N) is 1. The highest BCUT2D eigenvalue weighted by Crippen LogP contribution is 2.16. The first-order valence-corrected chi connectivity index (χ1v) is 5.83. The molecule has 1 saturated carbocycles. The van der Waals surface area contributed by atoms with E-state index in [1.165, 1.54) is 25.7 Å². The van der Waals surface area contributed by atoms with Gasteiger partial charge >= 0.3 is 0 Å². The Labute approximate surface area is 87.4 Å². The van der Waals surface area contributed by atoms with Crippen LogP contribution < -0.4 is 11.1 Å². The summed E-state index contributed by atoms with van der Waals surface area (Å²) in [5.41, 5.74) is 5.85. The van der Waals surface area contributed by atoms with Gasteiger partial charge in [-0.25, -0.2) is 0 Å². The van der Waals surface area contributed by atoms with Gasteiger partial charge in [0.1, 0.15) is 0 Å². The zero-order valence-corrected chi connectivity index (χ0v) is 9.46. The van der Waals surface area contributed by atoms with Gasteiger partial charge in [0.25, 0.3) is 0 Å². The first kappa shape index (κ1) is 12.0. The first-order chi connectivity index (χ1) is 6.72. The number of rotatable bonds is 5. The molecule has 0 aliphatic heterocycles. The van der Waals surface area contributed by atoms with Crippen LogP contribution in [0.5, 0.6) is 0 Å². The molecule has 1 unspecified atom stereocenters. The van der Waals surface area contributed by atoms with Gasteiger partial charge in [-0.1, -0.05) is 0 Å². The lowest BCUT2D eigenvalue weighted by atomic mass is 9.92. The van der Waals surface area contributed by atoms with Crippen LogP contribution in [0.15, 0.2) is 0 Å². The van der Waals surface area contributed by atoms with Gasteiger partial charge in [0.2, 0.25) is 0 Å². The van der Waals surface area contributed by atoms with Gasteiger partial charge in [-0.15, -0.1) is 0 Å². The number of hydrogen-bond acceptors (Lipinski definition) is 3. The smallest absolute Gasteiger partial charge is 0.0671 e. The second-order valence-electron chi connectivity index (χ2n) is 4.29. The summed E-state index contributed by atoms with van der Waals surface area (Å²) in [5, 5.41) is 3.55. The lowest BCUT2D eigenvalue weighted by molar-refractivity contribution is 0.0725. The Morgan fingerprint density at radius 1 is 1.36 bits per heavy atom. The predicted molar refractivity (Wildman–Crippen MR) is 59.3 cm³/mol. The molecule has 1 atom stereocenters. The largest absolute Gasteiger partial charge is 0.377 e. The molecule has 0 aromatic rings. The third kappa shape index (κ3) is 4.40. The van der Waals surface area contributed by atoms with Gasteiger partial charge in [0.15, 0.2) is 0 Å². The monoisotopic (exact) mass is 200 g/mol. The van der Waals surface area contributed by atoms with Crippen LogP contribution in [0, 0.1) is 0 Å². The fourth-order valence-corrected chi connectivity index (χ4v) is 2.00. The lowest BCUT2D eigenvalue weighted by Gasteiger charge is -2.28. The number of ether oxygens (including phenoxy) is 1. The first-order valence-electron chi connectivity index (χ1n) is 5.83. The van der Waals surface area contributed by atoms with Gasteiger partial charge in [0.05, 0.1) is 6.10 Å². The normalized spacial score (nSPS) is 30.2. The molecular formula is C11H24N2O. The van der Waals surface area contributed by atoms with E-state index in [2.05, 4.69) is 12.2 Å². The van der Waals surface area contributed by atoms with Gasteiger partial charge < -0.3 is 15.8 Å². The average Bonchev–Trinajstić information content (AvgIpc) is 2.17. The minimum absolute atomic E-state index is 0.329. The molecule has 1 rings (SSSR count). The fraction of sp³-hybridized carbons (Fsp3) is 1.00. The molecule has 3 nitrogen and oxygen atoms in total. The van der Waals surface area contributed by atoms with Gasteiger partial charge in [-0.3, -0.25) is 0 Å². The number of nitrogens with two attached hydrogens (primary N) is 1. The highest BCUT2D eigenvalue weighted by atomic mass is 16.5. The van der Waals surface area contributed by atoms with Crippen LogP contribution >= 0.6 is 0 Å². The molecule has 0 heterocycles. The van der Waals surface area contributed by atoms with Crippen molar-refractivity contribution in [3.8, 4) is 0 Å². The van der Waals surface area contributed by atoms with Crippen LogP contribution in [-0.2, 0) is 4.74 Å². The third-order valence-electron chi connectivity index (χ3n) is 2.92. The van der Waals surface area contributed by atoms with E-state index < -0.39 is 0 Å². The molecule has 0 radical (unpaired) electrons. The summed E-state index contributed by atoms with van der Waals surface area (Å²) in [7, 11) is 0. The molecule has 84 valence electrons. The highest BCUT2D eigenvalue weighted by molar-refractivity contribution is 4.79. The van der Waals surface area contributed by atoms with Crippen molar-refractivity contribution in [2.45, 2.75) is 57.7 Å². The van der Waals surface area contributed by atoms with E-state index in [9.17, 15) is 0 Å². The summed E-state index contributed by atoms with van der Waals surface area (Å²) in [6.45, 7) is 5.92. The maximum atomic E-state index is 5.85. The molecule has 0 amide bonds. The molecule has 0 aromatic carbocycles. The molecule has 3 N–H and O–H groups in total. The summed E-state index contributed by atoms with van der Waals surface area (Å²) in [6.07, 6.45) is 5.11. The average molecular weight is 200 g/mol. The molecule has 0 saturated heterocycles. The highest BCUT2D eigenvalue weighted by Gasteiger charge is 2.18. The Morgan fingerprint density at radius 2 is 2.00 bits per heavy atom. The third-order valence-corrected chi connectivity index (χ3v) is 2.92. The fourth-order valence-electron chi connectivity index (χ4n) is 2.00. The van der Waals surface area contributed by atoms with Crippen LogP contribution in [0.2, 0.25) is 0 Å². The summed E-state index contributed by atoms with van der Waals surface area (Å²) in [6, 6.07) is 1.11. The van der Waals surface area contributed by atoms with Crippen LogP contribution in [0.4, 0.5) is 0 Å². The Bertz CT molecular complexity index is 144. The molecular weight excluding hydrogens is 176 g/mol. The lowest BCUT2D eigenvalue weighted by Crippen LogP contribution is -2.40. The molecule has 1 aliphatic carbocycles. The summed E-state index contributed by atoms with van der Waals surface area (Å²) in [5.74, 6) is 0. The van der Waals surface area contributed by atoms with Crippen LogP contribution in [0.25, 0.3) is 0 Å². The molecule has 0 bridgehead atoms. The Kier molecular flexibility index (Phi) is 5.45. The van der Waals surface area contributed by atoms with Crippen LogP contribution in [-0.4, -0.2) is 31.3 Å². The Balaban J connectivity index is 2.06. The van der Waals surface area contributed by atoms with Crippen molar-refractivity contribution >= 4 is 0 Å². The van der Waals surface area contributed by atoms with Crippen molar-refractivity contribution < 1.29 is 4.74 Å². The van der Waals surface area contributed by atoms with E-state index in [0.717, 1.165) is 13.2 Å². The van der Waals surface area contributed by atoms with Crippen molar-refractivity contribution in [1.82, 2.24) is 5.32 Å². The van der Waals surface area contributed by atoms with Crippen LogP contribution in [0.1, 0.15) is 39.5 Å². The SMILES string of the molecule is CCOC(C)CNC1CCC(N)CC1. The summed E-state index contributed by atoms with van der Waals surface area (Å²) in [4.78, 5) is 0. The second-order valence-corrected chi connectivity index (χ2v) is 4.29. The van der Waals surface area contributed by atoms with Crippen molar-refractivity contribution in [2.24, 2.45) is 5.73 Å². The topological polar surface area (TPSA) is 47.3 Å². The van der Waals surface area contributed by atoms with E-state index in [1.807, 2.05) is 6.92 Å². The standard InChI is InChI=1S/C11H24N2O/c1-3-14-9(2)8-13-11-6-4-10(12)5-7-11/h9-11,13H,3-8,12H2,1-2H3. The Hall–Kier alpha value is -0.120. The maximum Gasteiger partial charge on any atom is 0.0671 e. The van der Waals surface area contributed by atoms with Crippen molar-refractivity contribution in [3.05, 3.63) is 0 Å². The zero-order chi connectivity index (χ0) is 10.4. The van der Waals surface area contributed by atoms with Crippen LogP contribution in [0.3, 0.4) is 0 Å². The zero-order valence-electron chi connectivity index (χ0n) is 9.46. The molecule has 3 heteroatoms. The van der Waals surface area contributed by atoms with Gasteiger partial charge in [0, 0.05) is 25.2 Å². The summed E-state index contributed by atoms with van der Waals surface area (Å²) < 4.78 is 5.47. The predicted octanol–water partition coefficient (Wildman–Crippen LogP) is 1.27. The van der Waals surface area contributed by atoms with Crippen molar-refractivity contribution in [3.63, 3.8) is 0 Å². The molecule has 0 aromatic heterocycles. The minimum atomic E-state index is 0.329. The minimum Gasteiger partial charge on any atom is -0.377 e. The van der Waals surface area contributed by atoms with Crippen molar-refractivity contribution in [1.29, 1.82) is 0 Å². The molecule has 1 aliphatic rings. The van der Waals surface area contributed by atoms with E-state index in [1.54, 1.807) is 0 Å². The second kappa shape index (κ2) is 6.38. The van der Waals surface area contributed by atoms with E-state index in [4.69, 9.17) is 10.5 Å². The van der Waals surface area contributed by atoms with E-state index in [0.29, 0.717) is 18.2 Å². The van der Waals surface area contributed by atoms with E-state index >= 15 is 0 Å². The van der Waals surface area contributed by atoms with Gasteiger partial charge in [-0.05, 0) is 39.5 Å². The van der Waals surface area contributed by atoms with E-state index in [-0.39, 0.29) is 0 Å². The molecule has 1 fully saturated rings. The molecule has 0 spiro atoms. The number of hydrogen-bond donors (Lipinski definition) is 2. The van der Waals surface area contributed by atoms with Crippen molar-refractivity contribution in [2.75, 3.05) is 13.2 Å². The maximum absolute atomic E-state index is 5.85. The van der Waals surface area contributed by atoms with Gasteiger partial charge in [-0.2, -0.15) is 0 Å². The molecule has 14 heavy (non-hydrogen) atoms. The summed E-state index contributed by atoms with van der Waals surface area (Å²) >= 11 is 0.